The second-order valence-electron chi connectivity index (χ2n) is 4.74. The Labute approximate surface area is 124 Å². The van der Waals surface area contributed by atoms with Crippen molar-refractivity contribution in [3.63, 3.8) is 0 Å². The third-order valence-corrected chi connectivity index (χ3v) is 3.23. The summed E-state index contributed by atoms with van der Waals surface area (Å²) in [6.45, 7) is -0.115. The fraction of sp³-hybridized carbons (Fsp3) is 0.235. The molecule has 0 bridgehead atoms. The van der Waals surface area contributed by atoms with E-state index in [0.717, 1.165) is 5.56 Å². The first kappa shape index (κ1) is 15.1. The molecule has 4 nitrogen and oxygen atoms in total. The number of aliphatic hydroxyl groups is 1. The first-order chi connectivity index (χ1) is 10.2. The number of aliphatic hydroxyl groups excluding tert-OH is 1. The van der Waals surface area contributed by atoms with E-state index in [1.807, 2.05) is 36.4 Å². The maximum absolute atomic E-state index is 12.3. The summed E-state index contributed by atoms with van der Waals surface area (Å²) in [4.78, 5) is 12.3. The number of ether oxygens (including phenoxy) is 1. The molecule has 2 aromatic rings. The summed E-state index contributed by atoms with van der Waals surface area (Å²) in [6, 6.07) is 16.4. The monoisotopic (exact) mass is 285 g/mol. The van der Waals surface area contributed by atoms with Crippen LogP contribution in [0.5, 0.6) is 5.75 Å². The number of hydrogen-bond donors (Lipinski definition) is 2. The van der Waals surface area contributed by atoms with Gasteiger partial charge in [-0.2, -0.15) is 0 Å². The van der Waals surface area contributed by atoms with E-state index in [9.17, 15) is 9.90 Å². The molecule has 4 heteroatoms. The Kier molecular flexibility index (Phi) is 5.35. The molecule has 0 aliphatic carbocycles. The van der Waals surface area contributed by atoms with Crippen molar-refractivity contribution in [1.82, 2.24) is 5.32 Å². The topological polar surface area (TPSA) is 58.6 Å². The van der Waals surface area contributed by atoms with E-state index in [4.69, 9.17) is 4.74 Å². The van der Waals surface area contributed by atoms with Gasteiger partial charge in [-0.15, -0.1) is 0 Å². The number of rotatable bonds is 6. The fourth-order valence-corrected chi connectivity index (χ4v) is 2.16. The van der Waals surface area contributed by atoms with Crippen LogP contribution in [0.4, 0.5) is 0 Å². The van der Waals surface area contributed by atoms with Crippen LogP contribution in [0.15, 0.2) is 54.6 Å². The lowest BCUT2D eigenvalue weighted by Gasteiger charge is -2.17. The summed E-state index contributed by atoms with van der Waals surface area (Å²) in [5, 5.41) is 12.3. The number of amides is 1. The first-order valence-corrected chi connectivity index (χ1v) is 6.83. The number of para-hydroxylation sites is 1. The Bertz CT molecular complexity index is 584. The van der Waals surface area contributed by atoms with Gasteiger partial charge in [-0.3, -0.25) is 4.79 Å². The number of carbonyl (C=O) groups is 1. The lowest BCUT2D eigenvalue weighted by Crippen LogP contribution is -2.39. The van der Waals surface area contributed by atoms with Crippen molar-refractivity contribution in [2.24, 2.45) is 0 Å². The van der Waals surface area contributed by atoms with Crippen molar-refractivity contribution in [1.29, 1.82) is 0 Å². The Morgan fingerprint density at radius 1 is 1.14 bits per heavy atom. The van der Waals surface area contributed by atoms with Crippen molar-refractivity contribution in [2.45, 2.75) is 12.5 Å². The van der Waals surface area contributed by atoms with Crippen molar-refractivity contribution in [2.75, 3.05) is 13.7 Å². The number of hydrogen-bond acceptors (Lipinski definition) is 3. The molecule has 0 spiro atoms. The molecule has 0 heterocycles. The molecule has 0 fully saturated rings. The maximum atomic E-state index is 12.3. The molecule has 21 heavy (non-hydrogen) atoms. The molecule has 1 unspecified atom stereocenters. The molecule has 1 amide bonds. The largest absolute Gasteiger partial charge is 0.496 e. The summed E-state index contributed by atoms with van der Waals surface area (Å²) in [5.74, 6) is 0.272. The normalized spacial score (nSPS) is 11.7. The van der Waals surface area contributed by atoms with E-state index < -0.39 is 0 Å². The van der Waals surface area contributed by atoms with Crippen LogP contribution < -0.4 is 10.1 Å². The van der Waals surface area contributed by atoms with Gasteiger partial charge in [0.25, 0.3) is 5.91 Å². The van der Waals surface area contributed by atoms with E-state index in [-0.39, 0.29) is 18.6 Å². The average molecular weight is 285 g/mol. The second kappa shape index (κ2) is 7.45. The number of methoxy groups -OCH3 is 1. The average Bonchev–Trinajstić information content (AvgIpc) is 2.55. The zero-order valence-corrected chi connectivity index (χ0v) is 12.0. The molecule has 1 atom stereocenters. The number of carbonyl (C=O) groups excluding carboxylic acids is 1. The number of benzene rings is 2. The fourth-order valence-electron chi connectivity index (χ4n) is 2.16. The van der Waals surface area contributed by atoms with Crippen LogP contribution in [0.25, 0.3) is 0 Å². The van der Waals surface area contributed by atoms with Gasteiger partial charge < -0.3 is 15.2 Å². The molecular weight excluding hydrogens is 266 g/mol. The Morgan fingerprint density at radius 3 is 2.48 bits per heavy atom. The minimum atomic E-state index is -0.329. The standard InChI is InChI=1S/C17H19NO3/c1-21-16-10-6-5-9-15(16)17(20)18-14(12-19)11-13-7-3-2-4-8-13/h2-10,14,19H,11-12H2,1H3,(H,18,20). The van der Waals surface area contributed by atoms with Crippen LogP contribution in [-0.4, -0.2) is 30.8 Å². The lowest BCUT2D eigenvalue weighted by molar-refractivity contribution is 0.0913. The van der Waals surface area contributed by atoms with Gasteiger partial charge in [-0.05, 0) is 24.1 Å². The highest BCUT2D eigenvalue weighted by Crippen LogP contribution is 2.17. The first-order valence-electron chi connectivity index (χ1n) is 6.83. The minimum absolute atomic E-state index is 0.115. The summed E-state index contributed by atoms with van der Waals surface area (Å²) < 4.78 is 5.18. The van der Waals surface area contributed by atoms with Crippen molar-refractivity contribution >= 4 is 5.91 Å². The van der Waals surface area contributed by atoms with E-state index in [0.29, 0.717) is 17.7 Å². The molecule has 0 radical (unpaired) electrons. The van der Waals surface area contributed by atoms with Gasteiger partial charge >= 0.3 is 0 Å². The molecule has 0 saturated carbocycles. The predicted molar refractivity (Wildman–Crippen MR) is 81.5 cm³/mol. The van der Waals surface area contributed by atoms with E-state index in [1.54, 1.807) is 18.2 Å². The van der Waals surface area contributed by atoms with Crippen LogP contribution in [0.1, 0.15) is 15.9 Å². The van der Waals surface area contributed by atoms with Crippen molar-refractivity contribution in [3.05, 3.63) is 65.7 Å². The summed E-state index contributed by atoms with van der Waals surface area (Å²) >= 11 is 0. The lowest BCUT2D eigenvalue weighted by atomic mass is 10.1. The van der Waals surface area contributed by atoms with Crippen LogP contribution in [0.3, 0.4) is 0 Å². The smallest absolute Gasteiger partial charge is 0.255 e. The van der Waals surface area contributed by atoms with E-state index >= 15 is 0 Å². The Morgan fingerprint density at radius 2 is 1.81 bits per heavy atom. The third-order valence-electron chi connectivity index (χ3n) is 3.23. The van der Waals surface area contributed by atoms with Crippen molar-refractivity contribution < 1.29 is 14.6 Å². The molecule has 0 aliphatic heterocycles. The Balaban J connectivity index is 2.06. The molecule has 110 valence electrons. The van der Waals surface area contributed by atoms with Gasteiger partial charge in [0.15, 0.2) is 0 Å². The van der Waals surface area contributed by atoms with Crippen LogP contribution in [0.2, 0.25) is 0 Å². The molecule has 0 aliphatic rings. The van der Waals surface area contributed by atoms with Crippen LogP contribution in [0, 0.1) is 0 Å². The van der Waals surface area contributed by atoms with Crippen LogP contribution >= 0.6 is 0 Å². The summed E-state index contributed by atoms with van der Waals surface area (Å²) in [7, 11) is 1.53. The predicted octanol–water partition coefficient (Wildman–Crippen LogP) is 2.03. The van der Waals surface area contributed by atoms with Gasteiger partial charge in [0.2, 0.25) is 0 Å². The minimum Gasteiger partial charge on any atom is -0.496 e. The molecule has 0 saturated heterocycles. The zero-order chi connectivity index (χ0) is 15.1. The third kappa shape index (κ3) is 4.07. The molecule has 2 aromatic carbocycles. The summed E-state index contributed by atoms with van der Waals surface area (Å²) in [5.41, 5.74) is 1.53. The molecule has 0 aromatic heterocycles. The maximum Gasteiger partial charge on any atom is 0.255 e. The Hall–Kier alpha value is -2.33. The van der Waals surface area contributed by atoms with Crippen molar-refractivity contribution in [3.8, 4) is 5.75 Å². The highest BCUT2D eigenvalue weighted by Gasteiger charge is 2.16. The highest BCUT2D eigenvalue weighted by atomic mass is 16.5. The highest BCUT2D eigenvalue weighted by molar-refractivity contribution is 5.97. The SMILES string of the molecule is COc1ccccc1C(=O)NC(CO)Cc1ccccc1. The number of nitrogens with one attached hydrogen (secondary N) is 1. The van der Waals surface area contributed by atoms with Gasteiger partial charge in [0.1, 0.15) is 5.75 Å². The van der Waals surface area contributed by atoms with Gasteiger partial charge in [-0.25, -0.2) is 0 Å². The van der Waals surface area contributed by atoms with E-state index in [2.05, 4.69) is 5.32 Å². The summed E-state index contributed by atoms with van der Waals surface area (Å²) in [6.07, 6.45) is 0.582. The van der Waals surface area contributed by atoms with Gasteiger partial charge in [0, 0.05) is 0 Å². The molecule has 2 rings (SSSR count). The molecular formula is C17H19NO3. The van der Waals surface area contributed by atoms with Gasteiger partial charge in [0.05, 0.1) is 25.3 Å². The van der Waals surface area contributed by atoms with E-state index in [1.165, 1.54) is 7.11 Å². The zero-order valence-electron chi connectivity index (χ0n) is 12.0. The second-order valence-corrected chi connectivity index (χ2v) is 4.74. The van der Waals surface area contributed by atoms with Crippen LogP contribution in [-0.2, 0) is 6.42 Å². The quantitative estimate of drug-likeness (QED) is 0.854. The molecule has 2 N–H and O–H groups in total. The van der Waals surface area contributed by atoms with Gasteiger partial charge in [-0.1, -0.05) is 42.5 Å².